The molecule has 2 aromatic heterocycles. The summed E-state index contributed by atoms with van der Waals surface area (Å²) in [4.78, 5) is 97.1. The van der Waals surface area contributed by atoms with Gasteiger partial charge in [-0.15, -0.1) is 0 Å². The first kappa shape index (κ1) is 31.7. The minimum absolute atomic E-state index is 0.0839. The molecule has 16 nitrogen and oxygen atoms in total. The molecule has 0 aromatic carbocycles. The molecular weight excluding hydrogens is 584 g/mol. The molecule has 0 aliphatic carbocycles. The fourth-order valence-electron chi connectivity index (χ4n) is 6.59. The van der Waals surface area contributed by atoms with E-state index in [9.17, 15) is 28.8 Å². The zero-order valence-corrected chi connectivity index (χ0v) is 25.2. The number of primary amides is 1. The quantitative estimate of drug-likeness (QED) is 0.195. The van der Waals surface area contributed by atoms with E-state index in [1.54, 1.807) is 11.1 Å². The van der Waals surface area contributed by atoms with Gasteiger partial charge in [-0.2, -0.15) is 0 Å². The maximum atomic E-state index is 14.0. The lowest BCUT2D eigenvalue weighted by atomic mass is 10.1. The van der Waals surface area contributed by atoms with Gasteiger partial charge in [-0.1, -0.05) is 0 Å². The molecule has 6 amide bonds. The number of nitrogens with zero attached hydrogens (tertiary/aromatic N) is 5. The van der Waals surface area contributed by atoms with Gasteiger partial charge in [0.15, 0.2) is 0 Å². The summed E-state index contributed by atoms with van der Waals surface area (Å²) >= 11 is 0. The molecule has 0 saturated carbocycles. The highest BCUT2D eigenvalue weighted by molar-refractivity contribution is 5.97. The summed E-state index contributed by atoms with van der Waals surface area (Å²) in [5, 5.41) is 5.54. The molecule has 2 aromatic rings. The highest BCUT2D eigenvalue weighted by Crippen LogP contribution is 2.26. The number of aromatic nitrogens is 4. The Morgan fingerprint density at radius 1 is 0.778 bits per heavy atom. The SMILES string of the molecule is CC(=O)N1CCC[C@H]1C(=O)N1CCC[C@H]1C(=O)N[C@@H](Cc1cnc[nH]1)C(=O)N1CCC[C@H]1C(=O)N[C@@H](Cc1cnc[nH]1)C(N)=O. The van der Waals surface area contributed by atoms with Gasteiger partial charge in [-0.3, -0.25) is 28.8 Å². The molecule has 0 unspecified atom stereocenters. The molecule has 0 bridgehead atoms. The Morgan fingerprint density at radius 3 is 1.80 bits per heavy atom. The lowest BCUT2D eigenvalue weighted by Crippen LogP contribution is -2.59. The van der Waals surface area contributed by atoms with Crippen LogP contribution < -0.4 is 16.4 Å². The first-order valence-corrected chi connectivity index (χ1v) is 15.4. The molecule has 3 aliphatic heterocycles. The summed E-state index contributed by atoms with van der Waals surface area (Å²) in [6.45, 7) is 2.60. The average Bonchev–Trinajstić information content (AvgIpc) is 3.85. The van der Waals surface area contributed by atoms with Crippen molar-refractivity contribution < 1.29 is 28.8 Å². The van der Waals surface area contributed by atoms with Crippen LogP contribution >= 0.6 is 0 Å². The number of rotatable bonds is 11. The molecule has 3 fully saturated rings. The number of hydrogen-bond donors (Lipinski definition) is 5. The van der Waals surface area contributed by atoms with E-state index in [2.05, 4.69) is 30.6 Å². The number of likely N-dealkylation sites (tertiary alicyclic amines) is 3. The van der Waals surface area contributed by atoms with E-state index >= 15 is 0 Å². The van der Waals surface area contributed by atoms with Crippen molar-refractivity contribution in [3.8, 4) is 0 Å². The Balaban J connectivity index is 1.29. The summed E-state index contributed by atoms with van der Waals surface area (Å²) in [6.07, 6.45) is 9.42. The van der Waals surface area contributed by atoms with Gasteiger partial charge in [0.25, 0.3) is 0 Å². The van der Waals surface area contributed by atoms with Crippen molar-refractivity contribution in [1.29, 1.82) is 0 Å². The molecule has 45 heavy (non-hydrogen) atoms. The summed E-state index contributed by atoms with van der Waals surface area (Å²) < 4.78 is 0. The van der Waals surface area contributed by atoms with Crippen LogP contribution in [0.15, 0.2) is 25.0 Å². The number of carbonyl (C=O) groups is 6. The molecule has 5 atom stereocenters. The number of H-pyrrole nitrogens is 2. The van der Waals surface area contributed by atoms with Crippen molar-refractivity contribution in [3.63, 3.8) is 0 Å². The standard InChI is InChI=1S/C29H40N10O6/c1-17(40)37-8-4-7-24(37)29(45)39-10-3-6-23(39)27(43)36-21(12-19-14-32-16-34-19)28(44)38-9-2-5-22(38)26(42)35-20(25(30)41)11-18-13-31-15-33-18/h13-16,20-24H,2-12H2,1H3,(H2,30,41)(H,31,33)(H,32,34)(H,35,42)(H,36,43)/t20-,21-,22-,23-,24-/m0/s1. The third-order valence-electron chi connectivity index (χ3n) is 8.85. The van der Waals surface area contributed by atoms with Crippen LogP contribution in [0, 0.1) is 0 Å². The van der Waals surface area contributed by atoms with Crippen LogP contribution in [0.1, 0.15) is 56.8 Å². The minimum atomic E-state index is -1.05. The lowest BCUT2D eigenvalue weighted by molar-refractivity contribution is -0.147. The van der Waals surface area contributed by atoms with Crippen molar-refractivity contribution in [3.05, 3.63) is 36.4 Å². The third kappa shape index (κ3) is 7.15. The van der Waals surface area contributed by atoms with Crippen molar-refractivity contribution >= 4 is 35.4 Å². The first-order chi connectivity index (χ1) is 21.6. The van der Waals surface area contributed by atoms with Crippen molar-refractivity contribution in [1.82, 2.24) is 45.3 Å². The number of amides is 6. The Labute approximate surface area is 259 Å². The fraction of sp³-hybridized carbons (Fsp3) is 0.586. The molecule has 0 spiro atoms. The van der Waals surface area contributed by atoms with Gasteiger partial charge in [0.1, 0.15) is 30.2 Å². The smallest absolute Gasteiger partial charge is 0.246 e. The van der Waals surface area contributed by atoms with E-state index in [1.807, 2.05) is 0 Å². The van der Waals surface area contributed by atoms with Crippen LogP contribution in [0.3, 0.4) is 0 Å². The van der Waals surface area contributed by atoms with Crippen LogP contribution in [-0.4, -0.2) is 120 Å². The Morgan fingerprint density at radius 2 is 1.27 bits per heavy atom. The van der Waals surface area contributed by atoms with Gasteiger partial charge in [0, 0.05) is 63.2 Å². The topological polar surface area (TPSA) is 220 Å². The van der Waals surface area contributed by atoms with Crippen LogP contribution in [0.2, 0.25) is 0 Å². The fourth-order valence-corrected chi connectivity index (χ4v) is 6.59. The highest BCUT2D eigenvalue weighted by Gasteiger charge is 2.43. The maximum Gasteiger partial charge on any atom is 0.246 e. The lowest BCUT2D eigenvalue weighted by Gasteiger charge is -2.32. The van der Waals surface area contributed by atoms with E-state index in [0.29, 0.717) is 56.6 Å². The zero-order chi connectivity index (χ0) is 32.1. The minimum Gasteiger partial charge on any atom is -0.368 e. The molecule has 0 radical (unpaired) electrons. The summed E-state index contributed by atoms with van der Waals surface area (Å²) in [5.41, 5.74) is 6.77. The Hall–Kier alpha value is -4.76. The molecule has 3 saturated heterocycles. The molecule has 6 N–H and O–H groups in total. The third-order valence-corrected chi connectivity index (χ3v) is 8.85. The van der Waals surface area contributed by atoms with E-state index in [4.69, 9.17) is 5.73 Å². The molecule has 242 valence electrons. The monoisotopic (exact) mass is 624 g/mol. The first-order valence-electron chi connectivity index (χ1n) is 15.4. The van der Waals surface area contributed by atoms with Gasteiger partial charge in [-0.05, 0) is 38.5 Å². The molecule has 3 aliphatic rings. The van der Waals surface area contributed by atoms with Gasteiger partial charge in [0.05, 0.1) is 12.7 Å². The van der Waals surface area contributed by atoms with Crippen LogP contribution in [-0.2, 0) is 41.6 Å². The van der Waals surface area contributed by atoms with Crippen molar-refractivity contribution in [2.45, 2.75) is 88.5 Å². The van der Waals surface area contributed by atoms with Gasteiger partial charge in [-0.25, -0.2) is 9.97 Å². The van der Waals surface area contributed by atoms with Crippen molar-refractivity contribution in [2.75, 3.05) is 19.6 Å². The normalized spacial score (nSPS) is 22.7. The number of hydrogen-bond acceptors (Lipinski definition) is 8. The van der Waals surface area contributed by atoms with Gasteiger partial charge >= 0.3 is 0 Å². The largest absolute Gasteiger partial charge is 0.368 e. The Bertz CT molecular complexity index is 1400. The number of carbonyl (C=O) groups excluding carboxylic acids is 6. The highest BCUT2D eigenvalue weighted by atomic mass is 16.2. The zero-order valence-electron chi connectivity index (χ0n) is 25.2. The van der Waals surface area contributed by atoms with Crippen LogP contribution in [0.4, 0.5) is 0 Å². The van der Waals surface area contributed by atoms with Gasteiger partial charge in [0.2, 0.25) is 35.4 Å². The number of nitrogens with one attached hydrogen (secondary N) is 4. The van der Waals surface area contributed by atoms with E-state index < -0.39 is 53.8 Å². The number of nitrogens with two attached hydrogens (primary N) is 1. The van der Waals surface area contributed by atoms with E-state index in [0.717, 1.165) is 6.42 Å². The Kier molecular flexibility index (Phi) is 9.78. The second-order valence-electron chi connectivity index (χ2n) is 11.8. The van der Waals surface area contributed by atoms with Crippen molar-refractivity contribution in [2.24, 2.45) is 5.73 Å². The summed E-state index contributed by atoms with van der Waals surface area (Å²) in [7, 11) is 0. The predicted octanol–water partition coefficient (Wildman–Crippen LogP) is -1.63. The molecule has 5 heterocycles. The summed E-state index contributed by atoms with van der Waals surface area (Å²) in [6, 6.07) is -4.33. The van der Waals surface area contributed by atoms with Crippen LogP contribution in [0.25, 0.3) is 0 Å². The predicted molar refractivity (Wildman–Crippen MR) is 158 cm³/mol. The second kappa shape index (κ2) is 13.9. The summed E-state index contributed by atoms with van der Waals surface area (Å²) in [5.74, 6) is -2.61. The molecule has 5 rings (SSSR count). The number of imidazole rings is 2. The van der Waals surface area contributed by atoms with E-state index in [1.165, 1.54) is 35.6 Å². The van der Waals surface area contributed by atoms with E-state index in [-0.39, 0.29) is 31.2 Å². The number of aromatic amines is 2. The molecular formula is C29H40N10O6. The van der Waals surface area contributed by atoms with Gasteiger partial charge < -0.3 is 41.0 Å². The molecule has 16 heteroatoms. The maximum absolute atomic E-state index is 14.0. The second-order valence-corrected chi connectivity index (χ2v) is 11.8. The average molecular weight is 625 g/mol. The van der Waals surface area contributed by atoms with Crippen LogP contribution in [0.5, 0.6) is 0 Å².